The number of aromatic nitrogens is 2. The molecular weight excluding hydrogens is 937 g/mol. The largest absolute Gasteiger partial charge is 0.457 e. The van der Waals surface area contributed by atoms with Crippen molar-refractivity contribution in [3.63, 3.8) is 0 Å². The van der Waals surface area contributed by atoms with Crippen molar-refractivity contribution in [3.05, 3.63) is 234 Å². The third kappa shape index (κ3) is 10.2. The predicted octanol–water partition coefficient (Wildman–Crippen LogP) is 19.4. The van der Waals surface area contributed by atoms with Gasteiger partial charge in [-0.15, -0.1) is 0 Å². The van der Waals surface area contributed by atoms with Gasteiger partial charge in [0.2, 0.25) is 0 Å². The van der Waals surface area contributed by atoms with Gasteiger partial charge in [-0.1, -0.05) is 210 Å². The molecule has 0 amide bonds. The van der Waals surface area contributed by atoms with E-state index in [9.17, 15) is 0 Å². The molecule has 8 aromatic carbocycles. The molecule has 5 nitrogen and oxygen atoms in total. The van der Waals surface area contributed by atoms with E-state index in [4.69, 9.17) is 9.72 Å². The normalized spacial score (nSPS) is 13.4. The van der Waals surface area contributed by atoms with Crippen molar-refractivity contribution in [2.24, 2.45) is 0 Å². The molecule has 0 atom stereocenters. The van der Waals surface area contributed by atoms with Gasteiger partial charge >= 0.3 is 0 Å². The summed E-state index contributed by atoms with van der Waals surface area (Å²) in [6.45, 7) is 28.3. The Kier molecular flexibility index (Phi) is 12.9. The second-order valence-electron chi connectivity index (χ2n) is 25.1. The van der Waals surface area contributed by atoms with Gasteiger partial charge in [0.05, 0.1) is 23.4 Å². The zero-order valence-corrected chi connectivity index (χ0v) is 47.0. The summed E-state index contributed by atoms with van der Waals surface area (Å²) >= 11 is 0. The Morgan fingerprint density at radius 1 is 0.403 bits per heavy atom. The molecule has 0 spiro atoms. The number of rotatable bonds is 9. The van der Waals surface area contributed by atoms with Gasteiger partial charge in [0.1, 0.15) is 17.3 Å². The van der Waals surface area contributed by atoms with Crippen molar-refractivity contribution in [3.8, 4) is 50.7 Å². The lowest BCUT2D eigenvalue weighted by molar-refractivity contribution is 0.483. The minimum atomic E-state index is -0.129. The summed E-state index contributed by atoms with van der Waals surface area (Å²) in [6.07, 6.45) is 4.26. The van der Waals surface area contributed by atoms with Crippen molar-refractivity contribution in [1.29, 1.82) is 0 Å². The fourth-order valence-electron chi connectivity index (χ4n) is 11.0. The average Bonchev–Trinajstić information content (AvgIpc) is 4.03. The van der Waals surface area contributed by atoms with Crippen LogP contribution in [0.4, 0.5) is 11.4 Å². The molecule has 0 saturated carbocycles. The van der Waals surface area contributed by atoms with Gasteiger partial charge in [-0.05, 0) is 137 Å². The number of nitrogens with zero attached hydrogens (tertiary/aromatic N) is 4. The van der Waals surface area contributed by atoms with Gasteiger partial charge in [-0.3, -0.25) is 4.57 Å². The minimum Gasteiger partial charge on any atom is -0.457 e. The zero-order chi connectivity index (χ0) is 54.0. The number of pyridine rings is 1. The molecule has 0 unspecified atom stereocenters. The Morgan fingerprint density at radius 3 is 1.64 bits per heavy atom. The molecule has 386 valence electrons. The maximum Gasteiger partial charge on any atom is 0.138 e. The number of para-hydroxylation sites is 1. The Hall–Kier alpha value is -8.15. The molecular formula is C72H72N4O. The average molecular weight is 1010 g/mol. The van der Waals surface area contributed by atoms with Crippen LogP contribution in [0.15, 0.2) is 207 Å². The first-order chi connectivity index (χ1) is 36.7. The summed E-state index contributed by atoms with van der Waals surface area (Å²) in [5, 5.41) is 2.30. The van der Waals surface area contributed by atoms with Crippen LogP contribution in [0.3, 0.4) is 0 Å². The SMILES string of the molecule is CC(C)(C)c1ccc(-c2cc(Oc3ccc4c5ccccc5n(-c5cc(-c6ccc(C(C)(C)C)cc6C(C)(C)C)ccn5)c4c3)cc(N3C=C(c4ccccc4)N(c4cccc(-c5ccccc5)c4)C3)c2)c(C(C)(C)C)c1. The fourth-order valence-corrected chi connectivity index (χ4v) is 11.0. The highest BCUT2D eigenvalue weighted by molar-refractivity contribution is 6.09. The maximum atomic E-state index is 7.22. The van der Waals surface area contributed by atoms with Crippen molar-refractivity contribution in [2.45, 2.75) is 105 Å². The molecule has 0 saturated heterocycles. The van der Waals surface area contributed by atoms with E-state index in [0.717, 1.165) is 72.9 Å². The summed E-state index contributed by atoms with van der Waals surface area (Å²) in [4.78, 5) is 9.90. The third-order valence-electron chi connectivity index (χ3n) is 15.3. The monoisotopic (exact) mass is 1010 g/mol. The van der Waals surface area contributed by atoms with Crippen LogP contribution in [0.25, 0.3) is 66.7 Å². The Labute approximate surface area is 457 Å². The van der Waals surface area contributed by atoms with Crippen molar-refractivity contribution < 1.29 is 4.74 Å². The number of hydrogen-bond acceptors (Lipinski definition) is 4. The standard InChI is InChI=1S/C72H72N4O/c1-69(2,3)53-30-33-59(63(42-53)71(7,8)9)51-36-37-73-68(41-51)76-65-29-20-19-28-61(65)62-35-32-57(45-66(62)76)77-58-40-52(60-34-31-54(70(4,5)6)43-64(60)72(10,11)12)39-56(44-58)74-46-67(49-24-17-14-18-25-49)75(47-74)55-27-21-26-50(38-55)48-22-15-13-16-23-48/h13-46H,47H2,1-12H3. The fraction of sp³-hybridized carbons (Fsp3) is 0.236. The van der Waals surface area contributed by atoms with E-state index in [1.165, 1.54) is 44.5 Å². The number of benzene rings is 8. The smallest absolute Gasteiger partial charge is 0.138 e. The second kappa shape index (κ2) is 19.5. The quantitative estimate of drug-likeness (QED) is 0.144. The second-order valence-corrected chi connectivity index (χ2v) is 25.1. The number of fused-ring (bicyclic) bond motifs is 3. The summed E-state index contributed by atoms with van der Waals surface area (Å²) in [6, 6.07) is 70.7. The van der Waals surface area contributed by atoms with Crippen molar-refractivity contribution in [1.82, 2.24) is 9.55 Å². The lowest BCUT2D eigenvalue weighted by Gasteiger charge is -2.28. The topological polar surface area (TPSA) is 33.5 Å². The van der Waals surface area contributed by atoms with Crippen LogP contribution in [0.1, 0.15) is 111 Å². The summed E-state index contributed by atoms with van der Waals surface area (Å²) in [5.74, 6) is 2.36. The molecule has 0 radical (unpaired) electrons. The first-order valence-corrected chi connectivity index (χ1v) is 27.3. The van der Waals surface area contributed by atoms with Crippen LogP contribution in [-0.2, 0) is 21.7 Å². The van der Waals surface area contributed by atoms with Gasteiger partial charge in [0.25, 0.3) is 0 Å². The van der Waals surface area contributed by atoms with Crippen LogP contribution >= 0.6 is 0 Å². The van der Waals surface area contributed by atoms with Crippen LogP contribution in [0.2, 0.25) is 0 Å². The Morgan fingerprint density at radius 2 is 0.987 bits per heavy atom. The molecule has 0 fully saturated rings. The molecule has 0 N–H and O–H groups in total. The molecule has 1 aliphatic heterocycles. The third-order valence-corrected chi connectivity index (χ3v) is 15.3. The van der Waals surface area contributed by atoms with Crippen LogP contribution in [-0.4, -0.2) is 16.2 Å². The maximum absolute atomic E-state index is 7.22. The van der Waals surface area contributed by atoms with E-state index < -0.39 is 0 Å². The van der Waals surface area contributed by atoms with Gasteiger partial charge in [0.15, 0.2) is 0 Å². The molecule has 11 rings (SSSR count). The van der Waals surface area contributed by atoms with E-state index in [-0.39, 0.29) is 21.7 Å². The van der Waals surface area contributed by atoms with Gasteiger partial charge in [-0.2, -0.15) is 0 Å². The van der Waals surface area contributed by atoms with E-state index in [0.29, 0.717) is 6.67 Å². The molecule has 0 bridgehead atoms. The lowest BCUT2D eigenvalue weighted by atomic mass is 9.77. The van der Waals surface area contributed by atoms with Gasteiger partial charge < -0.3 is 14.5 Å². The Bertz CT molecular complexity index is 3850. The predicted molar refractivity (Wildman–Crippen MR) is 327 cm³/mol. The van der Waals surface area contributed by atoms with E-state index in [2.05, 4.69) is 298 Å². The van der Waals surface area contributed by atoms with Crippen molar-refractivity contribution >= 4 is 38.9 Å². The molecule has 10 aromatic rings. The van der Waals surface area contributed by atoms with Gasteiger partial charge in [0, 0.05) is 46.7 Å². The van der Waals surface area contributed by atoms with Crippen LogP contribution < -0.4 is 14.5 Å². The molecule has 2 aromatic heterocycles. The molecule has 5 heteroatoms. The number of hydrogen-bond donors (Lipinski definition) is 0. The van der Waals surface area contributed by atoms with Gasteiger partial charge in [-0.25, -0.2) is 4.98 Å². The molecule has 77 heavy (non-hydrogen) atoms. The van der Waals surface area contributed by atoms with Crippen LogP contribution in [0.5, 0.6) is 11.5 Å². The van der Waals surface area contributed by atoms with E-state index >= 15 is 0 Å². The first-order valence-electron chi connectivity index (χ1n) is 27.3. The zero-order valence-electron chi connectivity index (χ0n) is 47.0. The highest BCUT2D eigenvalue weighted by atomic mass is 16.5. The van der Waals surface area contributed by atoms with Crippen molar-refractivity contribution in [2.75, 3.05) is 16.5 Å². The Balaban J connectivity index is 1.05. The molecule has 0 aliphatic carbocycles. The highest BCUT2D eigenvalue weighted by Crippen LogP contribution is 2.44. The summed E-state index contributed by atoms with van der Waals surface area (Å²) in [7, 11) is 0. The summed E-state index contributed by atoms with van der Waals surface area (Å²) in [5.41, 5.74) is 18.7. The van der Waals surface area contributed by atoms with E-state index in [1.807, 2.05) is 6.20 Å². The first kappa shape index (κ1) is 51.0. The molecule has 1 aliphatic rings. The minimum absolute atomic E-state index is 0.00484. The highest BCUT2D eigenvalue weighted by Gasteiger charge is 2.29. The number of anilines is 2. The lowest BCUT2D eigenvalue weighted by Crippen LogP contribution is -2.26. The summed E-state index contributed by atoms with van der Waals surface area (Å²) < 4.78 is 9.52. The molecule has 3 heterocycles. The van der Waals surface area contributed by atoms with Crippen LogP contribution in [0, 0.1) is 0 Å². The van der Waals surface area contributed by atoms with E-state index in [1.54, 1.807) is 0 Å². The number of ether oxygens (including phenoxy) is 1.